The Morgan fingerprint density at radius 3 is 2.56 bits per heavy atom. The van der Waals surface area contributed by atoms with Crippen LogP contribution in [0.5, 0.6) is 0 Å². The van der Waals surface area contributed by atoms with E-state index in [0.717, 1.165) is 0 Å². The lowest BCUT2D eigenvalue weighted by molar-refractivity contribution is -0.145. The number of ether oxygens (including phenoxy) is 1. The van der Waals surface area contributed by atoms with Crippen LogP contribution in [0.4, 0.5) is 0 Å². The zero-order valence-corrected chi connectivity index (χ0v) is 5.64. The average molecular weight is 132 g/mol. The highest BCUT2D eigenvalue weighted by Crippen LogP contribution is 1.86. The van der Waals surface area contributed by atoms with Crippen LogP contribution in [-0.4, -0.2) is 18.4 Å². The van der Waals surface area contributed by atoms with Crippen LogP contribution in [0.15, 0.2) is 0 Å². The molecule has 0 aliphatic heterocycles. The first-order chi connectivity index (χ1) is 4.16. The van der Waals surface area contributed by atoms with Crippen molar-refractivity contribution >= 4 is 11.8 Å². The van der Waals surface area contributed by atoms with Gasteiger partial charge in [0.1, 0.15) is 12.2 Å². The second kappa shape index (κ2) is 4.06. The molecule has 3 nitrogen and oxygen atoms in total. The molecule has 0 aromatic carbocycles. The molecule has 0 fully saturated rings. The maximum absolute atomic E-state index is 10.4. The molecule has 0 radical (unpaired) electrons. The zero-order chi connectivity index (χ0) is 7.28. The average Bonchev–Trinajstić information content (AvgIpc) is 1.63. The Balaban J connectivity index is 3.39. The molecule has 0 atom stereocenters. The predicted molar refractivity (Wildman–Crippen MR) is 31.9 cm³/mol. The SMILES string of the molecule is CCOC(=O)C[14C](C)=O. The minimum atomic E-state index is -0.440. The molecule has 0 amide bonds. The molecule has 3 heteroatoms. The standard InChI is InChI=1S/C6H10O3/c1-3-9-6(8)4-5(2)7/h3-4H2,1-2H3/i5+2. The van der Waals surface area contributed by atoms with Crippen LogP contribution >= 0.6 is 0 Å². The molecule has 0 N–H and O–H groups in total. The smallest absolute Gasteiger partial charge is 0.313 e. The van der Waals surface area contributed by atoms with Crippen molar-refractivity contribution in [1.82, 2.24) is 0 Å². The number of ketones is 1. The largest absolute Gasteiger partial charge is 0.466 e. The van der Waals surface area contributed by atoms with Crippen LogP contribution in [0.25, 0.3) is 0 Å². The number of esters is 1. The van der Waals surface area contributed by atoms with Gasteiger partial charge in [0.25, 0.3) is 0 Å². The Hall–Kier alpha value is -0.860. The summed E-state index contributed by atoms with van der Waals surface area (Å²) in [5.41, 5.74) is 0. The number of hydrogen-bond acceptors (Lipinski definition) is 3. The highest BCUT2D eigenvalue weighted by Gasteiger charge is 2.03. The van der Waals surface area contributed by atoms with Gasteiger partial charge in [-0.15, -0.1) is 0 Å². The molecule has 0 unspecified atom stereocenters. The van der Waals surface area contributed by atoms with Crippen molar-refractivity contribution in [3.05, 3.63) is 0 Å². The van der Waals surface area contributed by atoms with Gasteiger partial charge in [0.05, 0.1) is 6.61 Å². The van der Waals surface area contributed by atoms with Crippen LogP contribution < -0.4 is 0 Å². The molecule has 0 saturated heterocycles. The molecule has 0 heterocycles. The van der Waals surface area contributed by atoms with E-state index in [2.05, 4.69) is 4.74 Å². The van der Waals surface area contributed by atoms with Gasteiger partial charge in [-0.25, -0.2) is 0 Å². The monoisotopic (exact) mass is 132 g/mol. The van der Waals surface area contributed by atoms with Crippen LogP contribution in [0, 0.1) is 0 Å². The quantitative estimate of drug-likeness (QED) is 0.415. The van der Waals surface area contributed by atoms with Crippen LogP contribution in [-0.2, 0) is 14.3 Å². The summed E-state index contributed by atoms with van der Waals surface area (Å²) in [4.78, 5) is 20.6. The number of Topliss-reactive ketones (excluding diaryl/α,β-unsaturated/α-hetero) is 1. The van der Waals surface area contributed by atoms with E-state index in [1.165, 1.54) is 6.92 Å². The van der Waals surface area contributed by atoms with Crippen molar-refractivity contribution in [2.75, 3.05) is 6.61 Å². The van der Waals surface area contributed by atoms with Gasteiger partial charge in [-0.05, 0) is 13.8 Å². The molecular weight excluding hydrogens is 122 g/mol. The lowest BCUT2D eigenvalue weighted by Gasteiger charge is -1.96. The summed E-state index contributed by atoms with van der Waals surface area (Å²) < 4.78 is 4.49. The number of carbonyl (C=O) groups excluding carboxylic acids is 2. The lowest BCUT2D eigenvalue weighted by Crippen LogP contribution is -2.07. The fourth-order valence-corrected chi connectivity index (χ4v) is 0.415. The topological polar surface area (TPSA) is 43.4 Å². The van der Waals surface area contributed by atoms with Gasteiger partial charge in [-0.1, -0.05) is 0 Å². The number of hydrogen-bond donors (Lipinski definition) is 0. The second-order valence-corrected chi connectivity index (χ2v) is 1.68. The van der Waals surface area contributed by atoms with E-state index in [4.69, 9.17) is 0 Å². The van der Waals surface area contributed by atoms with E-state index in [1.54, 1.807) is 6.92 Å². The van der Waals surface area contributed by atoms with Gasteiger partial charge in [-0.2, -0.15) is 0 Å². The summed E-state index contributed by atoms with van der Waals surface area (Å²) in [6, 6.07) is 0. The molecule has 52 valence electrons. The van der Waals surface area contributed by atoms with Gasteiger partial charge in [0.2, 0.25) is 0 Å². The van der Waals surface area contributed by atoms with Crippen molar-refractivity contribution in [1.29, 1.82) is 0 Å². The fraction of sp³-hybridized carbons (Fsp3) is 0.667. The highest BCUT2D eigenvalue weighted by atomic mass is 16.5. The minimum Gasteiger partial charge on any atom is -0.466 e. The van der Waals surface area contributed by atoms with Crippen LogP contribution in [0.2, 0.25) is 0 Å². The predicted octanol–water partition coefficient (Wildman–Crippen LogP) is 0.529. The van der Waals surface area contributed by atoms with Gasteiger partial charge in [0.15, 0.2) is 0 Å². The molecule has 9 heavy (non-hydrogen) atoms. The lowest BCUT2D eigenvalue weighted by atomic mass is 10.6. The van der Waals surface area contributed by atoms with Crippen molar-refractivity contribution in [3.63, 3.8) is 0 Å². The van der Waals surface area contributed by atoms with Crippen molar-refractivity contribution in [2.45, 2.75) is 20.3 Å². The first kappa shape index (κ1) is 8.14. The maximum atomic E-state index is 10.4. The fourth-order valence-electron chi connectivity index (χ4n) is 0.415. The van der Waals surface area contributed by atoms with Crippen molar-refractivity contribution in [2.24, 2.45) is 0 Å². The summed E-state index contributed by atoms with van der Waals surface area (Å²) in [5, 5.41) is 0. The summed E-state index contributed by atoms with van der Waals surface area (Å²) in [6.07, 6.45) is -0.103. The Bertz CT molecular complexity index is 117. The molecule has 0 aromatic heterocycles. The summed E-state index contributed by atoms with van der Waals surface area (Å²) in [6.45, 7) is 3.40. The van der Waals surface area contributed by atoms with Gasteiger partial charge in [0, 0.05) is 0 Å². The highest BCUT2D eigenvalue weighted by molar-refractivity contribution is 5.94. The van der Waals surface area contributed by atoms with E-state index in [9.17, 15) is 9.59 Å². The molecule has 0 bridgehead atoms. The Kier molecular flexibility index (Phi) is 3.67. The van der Waals surface area contributed by atoms with E-state index >= 15 is 0 Å². The van der Waals surface area contributed by atoms with Crippen molar-refractivity contribution < 1.29 is 14.3 Å². The third kappa shape index (κ3) is 5.00. The van der Waals surface area contributed by atoms with Gasteiger partial charge in [-0.3, -0.25) is 9.59 Å². The Morgan fingerprint density at radius 1 is 1.67 bits per heavy atom. The van der Waals surface area contributed by atoms with E-state index in [1.807, 2.05) is 0 Å². The normalized spacial score (nSPS) is 8.67. The van der Waals surface area contributed by atoms with E-state index in [-0.39, 0.29) is 12.2 Å². The molecule has 0 aliphatic carbocycles. The van der Waals surface area contributed by atoms with E-state index < -0.39 is 5.97 Å². The van der Waals surface area contributed by atoms with Gasteiger partial charge >= 0.3 is 5.97 Å². The molecule has 0 spiro atoms. The van der Waals surface area contributed by atoms with Crippen LogP contribution in [0.3, 0.4) is 0 Å². The van der Waals surface area contributed by atoms with E-state index in [0.29, 0.717) is 6.61 Å². The maximum Gasteiger partial charge on any atom is 0.313 e. The van der Waals surface area contributed by atoms with Gasteiger partial charge < -0.3 is 4.74 Å². The Morgan fingerprint density at radius 2 is 2.22 bits per heavy atom. The summed E-state index contributed by atoms with van der Waals surface area (Å²) >= 11 is 0. The molecule has 0 aromatic rings. The number of carbonyl (C=O) groups is 2. The summed E-state index contributed by atoms with van der Waals surface area (Å²) in [5.74, 6) is -0.599. The minimum absolute atomic E-state index is 0.103. The Labute approximate surface area is 54.0 Å². The number of rotatable bonds is 3. The molecule has 0 saturated carbocycles. The second-order valence-electron chi connectivity index (χ2n) is 1.68. The molecule has 0 rings (SSSR count). The van der Waals surface area contributed by atoms with Crippen LogP contribution in [0.1, 0.15) is 20.3 Å². The summed E-state index contributed by atoms with van der Waals surface area (Å²) in [7, 11) is 0. The molecular formula is C6H10O3. The molecule has 0 aliphatic rings. The third-order valence-corrected chi connectivity index (χ3v) is 0.699. The van der Waals surface area contributed by atoms with Crippen molar-refractivity contribution in [3.8, 4) is 0 Å². The first-order valence-electron chi connectivity index (χ1n) is 2.82. The third-order valence-electron chi connectivity index (χ3n) is 0.699. The first-order valence-corrected chi connectivity index (χ1v) is 2.82. The zero-order valence-electron chi connectivity index (χ0n) is 5.64.